The van der Waals surface area contributed by atoms with Crippen LogP contribution in [0.25, 0.3) is 0 Å². The summed E-state index contributed by atoms with van der Waals surface area (Å²) in [7, 11) is 0. The summed E-state index contributed by atoms with van der Waals surface area (Å²) < 4.78 is 0. The molecule has 14 heavy (non-hydrogen) atoms. The topological polar surface area (TPSA) is 63.3 Å². The maximum Gasteiger partial charge on any atom is 0.303 e. The molecule has 0 radical (unpaired) electrons. The highest BCUT2D eigenvalue weighted by Crippen LogP contribution is 2.17. The Bertz CT molecular complexity index is 339. The zero-order valence-corrected chi connectivity index (χ0v) is 8.42. The number of carboxylic acids is 1. The first-order valence-electron chi connectivity index (χ1n) is 4.32. The maximum absolute atomic E-state index is 10.4. The van der Waals surface area contributed by atoms with E-state index in [1.807, 2.05) is 6.07 Å². The van der Waals surface area contributed by atoms with E-state index in [2.05, 4.69) is 0 Å². The Hall–Kier alpha value is -1.06. The number of rotatable bonds is 4. The lowest BCUT2D eigenvalue weighted by atomic mass is 10.0. The van der Waals surface area contributed by atoms with E-state index < -0.39 is 5.97 Å². The molecule has 3 N–H and O–H groups in total. The van der Waals surface area contributed by atoms with Gasteiger partial charge in [0, 0.05) is 18.0 Å². The minimum atomic E-state index is -0.812. The monoisotopic (exact) mass is 213 g/mol. The summed E-state index contributed by atoms with van der Waals surface area (Å²) in [6.45, 7) is 0.409. The van der Waals surface area contributed by atoms with Crippen molar-refractivity contribution in [2.75, 3.05) is 0 Å². The van der Waals surface area contributed by atoms with Gasteiger partial charge in [0.1, 0.15) is 0 Å². The fourth-order valence-electron chi connectivity index (χ4n) is 1.27. The molecule has 0 bridgehead atoms. The second kappa shape index (κ2) is 4.98. The standard InChI is InChI=1S/C10H12ClNO2/c11-9-3-1-8(6-12)7(5-9)2-4-10(13)14/h1,3,5H,2,4,6,12H2,(H,13,14). The van der Waals surface area contributed by atoms with E-state index >= 15 is 0 Å². The van der Waals surface area contributed by atoms with Gasteiger partial charge in [-0.3, -0.25) is 4.79 Å². The fraction of sp³-hybridized carbons (Fsp3) is 0.300. The van der Waals surface area contributed by atoms with Crippen LogP contribution in [0, 0.1) is 0 Å². The lowest BCUT2D eigenvalue weighted by Crippen LogP contribution is -2.04. The number of aryl methyl sites for hydroxylation is 1. The van der Waals surface area contributed by atoms with Gasteiger partial charge >= 0.3 is 5.97 Å². The molecule has 0 fully saturated rings. The number of halogens is 1. The van der Waals surface area contributed by atoms with E-state index in [4.69, 9.17) is 22.4 Å². The summed E-state index contributed by atoms with van der Waals surface area (Å²) in [5.74, 6) is -0.812. The lowest BCUT2D eigenvalue weighted by Gasteiger charge is -2.06. The van der Waals surface area contributed by atoms with Gasteiger partial charge in [-0.25, -0.2) is 0 Å². The molecule has 0 amide bonds. The van der Waals surface area contributed by atoms with Crippen molar-refractivity contribution in [3.05, 3.63) is 34.3 Å². The van der Waals surface area contributed by atoms with E-state index in [-0.39, 0.29) is 6.42 Å². The molecule has 0 aliphatic heterocycles. The predicted octanol–water partition coefficient (Wildman–Crippen LogP) is 1.82. The number of carboxylic acid groups (broad SMARTS) is 1. The van der Waals surface area contributed by atoms with Gasteiger partial charge in [0.2, 0.25) is 0 Å². The molecule has 0 saturated carbocycles. The van der Waals surface area contributed by atoms with Crippen molar-refractivity contribution in [1.29, 1.82) is 0 Å². The number of carbonyl (C=O) groups is 1. The maximum atomic E-state index is 10.4. The Balaban J connectivity index is 2.82. The highest BCUT2D eigenvalue weighted by molar-refractivity contribution is 6.30. The van der Waals surface area contributed by atoms with Gasteiger partial charge < -0.3 is 10.8 Å². The molecule has 0 heterocycles. The second-order valence-electron chi connectivity index (χ2n) is 3.01. The van der Waals surface area contributed by atoms with Gasteiger partial charge in [-0.1, -0.05) is 17.7 Å². The van der Waals surface area contributed by atoms with Crippen molar-refractivity contribution in [3.8, 4) is 0 Å². The first-order chi connectivity index (χ1) is 6.63. The zero-order valence-electron chi connectivity index (χ0n) is 7.66. The van der Waals surface area contributed by atoms with Crippen LogP contribution in [0.2, 0.25) is 5.02 Å². The minimum Gasteiger partial charge on any atom is -0.481 e. The fourth-order valence-corrected chi connectivity index (χ4v) is 1.46. The van der Waals surface area contributed by atoms with Crippen molar-refractivity contribution in [2.45, 2.75) is 19.4 Å². The average molecular weight is 214 g/mol. The lowest BCUT2D eigenvalue weighted by molar-refractivity contribution is -0.136. The summed E-state index contributed by atoms with van der Waals surface area (Å²) in [5.41, 5.74) is 7.39. The van der Waals surface area contributed by atoms with Crippen molar-refractivity contribution in [1.82, 2.24) is 0 Å². The van der Waals surface area contributed by atoms with Gasteiger partial charge in [0.15, 0.2) is 0 Å². The number of aliphatic carboxylic acids is 1. The van der Waals surface area contributed by atoms with Gasteiger partial charge in [0.25, 0.3) is 0 Å². The van der Waals surface area contributed by atoms with Gasteiger partial charge in [-0.2, -0.15) is 0 Å². The van der Waals surface area contributed by atoms with E-state index in [1.54, 1.807) is 12.1 Å². The zero-order chi connectivity index (χ0) is 10.6. The smallest absolute Gasteiger partial charge is 0.303 e. The Morgan fingerprint density at radius 2 is 2.14 bits per heavy atom. The molecule has 4 heteroatoms. The third-order valence-electron chi connectivity index (χ3n) is 2.00. The van der Waals surface area contributed by atoms with Crippen LogP contribution >= 0.6 is 11.6 Å². The van der Waals surface area contributed by atoms with Crippen molar-refractivity contribution < 1.29 is 9.90 Å². The number of hydrogen-bond acceptors (Lipinski definition) is 2. The van der Waals surface area contributed by atoms with Crippen molar-refractivity contribution in [2.24, 2.45) is 5.73 Å². The minimum absolute atomic E-state index is 0.105. The molecule has 3 nitrogen and oxygen atoms in total. The number of nitrogens with two attached hydrogens (primary N) is 1. The molecule has 0 unspecified atom stereocenters. The highest BCUT2D eigenvalue weighted by atomic mass is 35.5. The van der Waals surface area contributed by atoms with Crippen LogP contribution in [0.1, 0.15) is 17.5 Å². The Morgan fingerprint density at radius 3 is 2.71 bits per heavy atom. The molecule has 0 saturated heterocycles. The molecular weight excluding hydrogens is 202 g/mol. The van der Waals surface area contributed by atoms with Gasteiger partial charge in [0.05, 0.1) is 0 Å². The van der Waals surface area contributed by atoms with Gasteiger partial charge in [-0.05, 0) is 29.7 Å². The molecule has 0 atom stereocenters. The SMILES string of the molecule is NCc1ccc(Cl)cc1CCC(=O)O. The largest absolute Gasteiger partial charge is 0.481 e. The first kappa shape index (κ1) is 11.0. The van der Waals surface area contributed by atoms with E-state index in [9.17, 15) is 4.79 Å². The molecule has 0 aliphatic rings. The third-order valence-corrected chi connectivity index (χ3v) is 2.23. The van der Waals surface area contributed by atoms with Crippen LogP contribution in [-0.4, -0.2) is 11.1 Å². The first-order valence-corrected chi connectivity index (χ1v) is 4.70. The molecule has 0 aromatic heterocycles. The van der Waals surface area contributed by atoms with E-state index in [0.29, 0.717) is 18.0 Å². The molecule has 0 aliphatic carbocycles. The molecule has 76 valence electrons. The Labute approximate surface area is 87.5 Å². The number of benzene rings is 1. The van der Waals surface area contributed by atoms with Crippen molar-refractivity contribution in [3.63, 3.8) is 0 Å². The summed E-state index contributed by atoms with van der Waals surface area (Å²) in [5, 5.41) is 9.16. The predicted molar refractivity (Wildman–Crippen MR) is 55.3 cm³/mol. The summed E-state index contributed by atoms with van der Waals surface area (Å²) in [4.78, 5) is 10.4. The summed E-state index contributed by atoms with van der Waals surface area (Å²) in [6, 6.07) is 5.36. The summed E-state index contributed by atoms with van der Waals surface area (Å²) >= 11 is 5.80. The van der Waals surface area contributed by atoms with Crippen molar-refractivity contribution >= 4 is 17.6 Å². The van der Waals surface area contributed by atoms with E-state index in [0.717, 1.165) is 11.1 Å². The molecule has 1 aromatic rings. The second-order valence-corrected chi connectivity index (χ2v) is 3.45. The number of hydrogen-bond donors (Lipinski definition) is 2. The highest BCUT2D eigenvalue weighted by Gasteiger charge is 2.04. The normalized spacial score (nSPS) is 10.1. The van der Waals surface area contributed by atoms with Crippen LogP contribution in [0.15, 0.2) is 18.2 Å². The average Bonchev–Trinajstić information content (AvgIpc) is 2.15. The summed E-state index contributed by atoms with van der Waals surface area (Å²) in [6.07, 6.45) is 0.579. The Kier molecular flexibility index (Phi) is 3.92. The third kappa shape index (κ3) is 3.01. The van der Waals surface area contributed by atoms with Crippen LogP contribution in [0.5, 0.6) is 0 Å². The molecule has 1 rings (SSSR count). The van der Waals surface area contributed by atoms with Crippen LogP contribution in [0.4, 0.5) is 0 Å². The van der Waals surface area contributed by atoms with Crippen LogP contribution < -0.4 is 5.73 Å². The van der Waals surface area contributed by atoms with Crippen LogP contribution in [-0.2, 0) is 17.8 Å². The van der Waals surface area contributed by atoms with E-state index in [1.165, 1.54) is 0 Å². The Morgan fingerprint density at radius 1 is 1.43 bits per heavy atom. The molecule has 1 aromatic carbocycles. The van der Waals surface area contributed by atoms with Gasteiger partial charge in [-0.15, -0.1) is 0 Å². The molecular formula is C10H12ClNO2. The quantitative estimate of drug-likeness (QED) is 0.802. The molecule has 0 spiro atoms. The van der Waals surface area contributed by atoms with Crippen LogP contribution in [0.3, 0.4) is 0 Å².